The van der Waals surface area contributed by atoms with Crippen LogP contribution in [-0.4, -0.2) is 41.4 Å². The second kappa shape index (κ2) is 5.54. The molecule has 0 bridgehead atoms. The Labute approximate surface area is 144 Å². The maximum atomic E-state index is 5.57. The number of aromatic nitrogens is 3. The number of ether oxygens (including phenoxy) is 3. The third-order valence-electron chi connectivity index (χ3n) is 4.79. The molecule has 3 aromatic rings. The van der Waals surface area contributed by atoms with Crippen LogP contribution in [0.1, 0.15) is 12.8 Å². The molecule has 0 aliphatic carbocycles. The van der Waals surface area contributed by atoms with Gasteiger partial charge in [-0.1, -0.05) is 0 Å². The summed E-state index contributed by atoms with van der Waals surface area (Å²) in [6.45, 7) is 2.29. The van der Waals surface area contributed by atoms with Gasteiger partial charge in [-0.05, 0) is 18.9 Å². The Bertz CT molecular complexity index is 947. The maximum absolute atomic E-state index is 5.57. The van der Waals surface area contributed by atoms with Gasteiger partial charge in [-0.3, -0.25) is 4.40 Å². The lowest BCUT2D eigenvalue weighted by atomic mass is 10.1. The van der Waals surface area contributed by atoms with Gasteiger partial charge in [0.25, 0.3) is 0 Å². The maximum Gasteiger partial charge on any atom is 0.231 e. The van der Waals surface area contributed by atoms with E-state index < -0.39 is 0 Å². The van der Waals surface area contributed by atoms with Gasteiger partial charge >= 0.3 is 0 Å². The van der Waals surface area contributed by atoms with E-state index in [1.807, 2.05) is 30.7 Å². The minimum absolute atomic E-state index is 0.234. The summed E-state index contributed by atoms with van der Waals surface area (Å²) in [6.07, 6.45) is 8.02. The number of benzene rings is 1. The average Bonchev–Trinajstić information content (AvgIpc) is 3.38. The molecule has 0 spiro atoms. The van der Waals surface area contributed by atoms with Crippen LogP contribution < -0.4 is 19.1 Å². The number of hydrogen-bond donors (Lipinski definition) is 0. The van der Waals surface area contributed by atoms with Crippen molar-refractivity contribution in [3.63, 3.8) is 0 Å². The zero-order valence-corrected chi connectivity index (χ0v) is 13.9. The van der Waals surface area contributed by atoms with Gasteiger partial charge in [-0.2, -0.15) is 0 Å². The molecule has 7 nitrogen and oxygen atoms in total. The molecule has 0 N–H and O–H groups in total. The van der Waals surface area contributed by atoms with E-state index in [1.54, 1.807) is 7.11 Å². The highest BCUT2D eigenvalue weighted by atomic mass is 16.7. The molecule has 0 radical (unpaired) electrons. The highest BCUT2D eigenvalue weighted by molar-refractivity contribution is 5.77. The van der Waals surface area contributed by atoms with Crippen molar-refractivity contribution in [1.29, 1.82) is 0 Å². The lowest BCUT2D eigenvalue weighted by Crippen LogP contribution is -2.19. The van der Waals surface area contributed by atoms with Crippen molar-refractivity contribution in [2.45, 2.75) is 12.8 Å². The van der Waals surface area contributed by atoms with Crippen molar-refractivity contribution in [2.24, 2.45) is 0 Å². The van der Waals surface area contributed by atoms with E-state index in [-0.39, 0.29) is 6.79 Å². The first-order chi connectivity index (χ1) is 12.3. The second-order valence-corrected chi connectivity index (χ2v) is 6.19. The smallest absolute Gasteiger partial charge is 0.231 e. The quantitative estimate of drug-likeness (QED) is 0.732. The number of anilines is 1. The van der Waals surface area contributed by atoms with E-state index in [1.165, 1.54) is 12.8 Å². The van der Waals surface area contributed by atoms with Crippen molar-refractivity contribution < 1.29 is 14.2 Å². The molecule has 0 amide bonds. The van der Waals surface area contributed by atoms with E-state index in [9.17, 15) is 0 Å². The zero-order chi connectivity index (χ0) is 16.8. The van der Waals surface area contributed by atoms with E-state index in [0.29, 0.717) is 5.75 Å². The van der Waals surface area contributed by atoms with Gasteiger partial charge in [0.15, 0.2) is 23.0 Å². The fourth-order valence-electron chi connectivity index (χ4n) is 3.55. The van der Waals surface area contributed by atoms with Crippen molar-refractivity contribution in [3.8, 4) is 28.5 Å². The summed E-state index contributed by atoms with van der Waals surface area (Å²) in [4.78, 5) is 11.5. The van der Waals surface area contributed by atoms with E-state index in [2.05, 4.69) is 19.3 Å². The van der Waals surface area contributed by atoms with Crippen LogP contribution in [0.2, 0.25) is 0 Å². The first-order valence-electron chi connectivity index (χ1n) is 8.40. The molecule has 0 unspecified atom stereocenters. The van der Waals surface area contributed by atoms with Gasteiger partial charge in [0, 0.05) is 37.1 Å². The third kappa shape index (κ3) is 2.19. The summed E-state index contributed by atoms with van der Waals surface area (Å²) >= 11 is 0. The van der Waals surface area contributed by atoms with Crippen molar-refractivity contribution in [3.05, 3.63) is 30.7 Å². The lowest BCUT2D eigenvalue weighted by Gasteiger charge is -2.17. The van der Waals surface area contributed by atoms with Crippen LogP contribution in [-0.2, 0) is 0 Å². The topological polar surface area (TPSA) is 61.1 Å². The van der Waals surface area contributed by atoms with Gasteiger partial charge in [0.2, 0.25) is 6.79 Å². The Kier molecular flexibility index (Phi) is 3.19. The summed E-state index contributed by atoms with van der Waals surface area (Å²) in [6, 6.07) is 3.81. The van der Waals surface area contributed by atoms with Crippen molar-refractivity contribution in [2.75, 3.05) is 31.9 Å². The fourth-order valence-corrected chi connectivity index (χ4v) is 3.55. The standard InChI is InChI=1S/C18H18N4O3/c1-23-14-9-16-15(24-11-25-16)8-12(14)13-10-20-18-17(19-4-7-22(13)18)21-5-2-3-6-21/h4,7-10H,2-3,5-6,11H2,1H3. The van der Waals surface area contributed by atoms with Crippen LogP contribution in [0.15, 0.2) is 30.7 Å². The van der Waals surface area contributed by atoms with Crippen LogP contribution >= 0.6 is 0 Å². The molecular formula is C18H18N4O3. The van der Waals surface area contributed by atoms with Gasteiger partial charge in [0.05, 0.1) is 19.0 Å². The van der Waals surface area contributed by atoms with Crippen molar-refractivity contribution >= 4 is 11.5 Å². The molecule has 2 aromatic heterocycles. The van der Waals surface area contributed by atoms with Crippen molar-refractivity contribution in [1.82, 2.24) is 14.4 Å². The summed E-state index contributed by atoms with van der Waals surface area (Å²) in [5.41, 5.74) is 2.71. The highest BCUT2D eigenvalue weighted by Crippen LogP contribution is 2.42. The summed E-state index contributed by atoms with van der Waals surface area (Å²) < 4.78 is 18.6. The number of methoxy groups -OCH3 is 1. The fraction of sp³-hybridized carbons (Fsp3) is 0.333. The van der Waals surface area contributed by atoms with E-state index in [0.717, 1.165) is 47.3 Å². The molecule has 128 valence electrons. The molecule has 7 heteroatoms. The number of nitrogens with zero attached hydrogens (tertiary/aromatic N) is 4. The van der Waals surface area contributed by atoms with Gasteiger partial charge < -0.3 is 19.1 Å². The molecule has 4 heterocycles. The minimum atomic E-state index is 0.234. The normalized spacial score (nSPS) is 16.0. The molecule has 2 aliphatic rings. The van der Waals surface area contributed by atoms with E-state index in [4.69, 9.17) is 14.2 Å². The third-order valence-corrected chi connectivity index (χ3v) is 4.79. The minimum Gasteiger partial charge on any atom is -0.496 e. The number of rotatable bonds is 3. The predicted octanol–water partition coefficient (Wildman–Crippen LogP) is 2.73. The predicted molar refractivity (Wildman–Crippen MR) is 92.5 cm³/mol. The Morgan fingerprint density at radius 1 is 1.08 bits per heavy atom. The average molecular weight is 338 g/mol. The van der Waals surface area contributed by atoms with Crippen LogP contribution in [0.25, 0.3) is 16.9 Å². The molecule has 1 fully saturated rings. The summed E-state index contributed by atoms with van der Waals surface area (Å²) in [7, 11) is 1.65. The zero-order valence-electron chi connectivity index (χ0n) is 13.9. The highest BCUT2D eigenvalue weighted by Gasteiger charge is 2.23. The van der Waals surface area contributed by atoms with Crippen LogP contribution in [0.3, 0.4) is 0 Å². The molecule has 2 aliphatic heterocycles. The van der Waals surface area contributed by atoms with Crippen LogP contribution in [0.4, 0.5) is 5.82 Å². The molecule has 1 aromatic carbocycles. The molecule has 1 saturated heterocycles. The number of hydrogen-bond acceptors (Lipinski definition) is 6. The molecule has 0 atom stereocenters. The van der Waals surface area contributed by atoms with Crippen LogP contribution in [0, 0.1) is 0 Å². The van der Waals surface area contributed by atoms with Gasteiger partial charge in [-0.25, -0.2) is 9.97 Å². The Morgan fingerprint density at radius 3 is 2.68 bits per heavy atom. The van der Waals surface area contributed by atoms with Crippen LogP contribution in [0.5, 0.6) is 17.2 Å². The largest absolute Gasteiger partial charge is 0.496 e. The monoisotopic (exact) mass is 338 g/mol. The van der Waals surface area contributed by atoms with E-state index >= 15 is 0 Å². The molecule has 5 rings (SSSR count). The molecular weight excluding hydrogens is 320 g/mol. The lowest BCUT2D eigenvalue weighted by molar-refractivity contribution is 0.174. The second-order valence-electron chi connectivity index (χ2n) is 6.19. The Hall–Kier alpha value is -2.96. The molecule has 0 saturated carbocycles. The van der Waals surface area contributed by atoms with Gasteiger partial charge in [0.1, 0.15) is 5.75 Å². The molecule has 25 heavy (non-hydrogen) atoms. The number of imidazole rings is 1. The first-order valence-corrected chi connectivity index (χ1v) is 8.40. The Balaban J connectivity index is 1.68. The van der Waals surface area contributed by atoms with Gasteiger partial charge in [-0.15, -0.1) is 0 Å². The Morgan fingerprint density at radius 2 is 1.88 bits per heavy atom. The SMILES string of the molecule is COc1cc2c(cc1-c1cnc3c(N4CCCC4)nccn13)OCO2. The summed E-state index contributed by atoms with van der Waals surface area (Å²) in [5, 5.41) is 0. The first kappa shape index (κ1) is 14.4. The number of fused-ring (bicyclic) bond motifs is 2. The summed E-state index contributed by atoms with van der Waals surface area (Å²) in [5.74, 6) is 3.09.